The first-order valence-corrected chi connectivity index (χ1v) is 9.05. The Morgan fingerprint density at radius 2 is 2.08 bits per heavy atom. The minimum Gasteiger partial charge on any atom is -0.491 e. The second-order valence-electron chi connectivity index (χ2n) is 5.60. The van der Waals surface area contributed by atoms with Crippen LogP contribution >= 0.6 is 11.6 Å². The number of ether oxygens (including phenoxy) is 1. The fraction of sp³-hybridized carbons (Fsp3) is 0.300. The SMILES string of the molecule is CCN(CC)CCOc1ccc(NC(=O)/C=C/c2ccccn2)cc1Cl. The van der Waals surface area contributed by atoms with Crippen LogP contribution < -0.4 is 10.1 Å². The Hall–Kier alpha value is -2.37. The molecule has 0 saturated heterocycles. The summed E-state index contributed by atoms with van der Waals surface area (Å²) in [5, 5.41) is 3.24. The maximum atomic E-state index is 12.0. The quantitative estimate of drug-likeness (QED) is 0.672. The first-order valence-electron chi connectivity index (χ1n) is 8.67. The number of likely N-dealkylation sites (N-methyl/N-ethyl adjacent to an activating group) is 1. The molecule has 138 valence electrons. The lowest BCUT2D eigenvalue weighted by atomic mass is 10.3. The number of hydrogen-bond donors (Lipinski definition) is 1. The predicted octanol–water partition coefficient (Wildman–Crippen LogP) is 4.11. The fourth-order valence-corrected chi connectivity index (χ4v) is 2.57. The lowest BCUT2D eigenvalue weighted by Gasteiger charge is -2.18. The highest BCUT2D eigenvalue weighted by Crippen LogP contribution is 2.27. The van der Waals surface area contributed by atoms with E-state index in [1.807, 2.05) is 18.2 Å². The smallest absolute Gasteiger partial charge is 0.248 e. The summed E-state index contributed by atoms with van der Waals surface area (Å²) in [6, 6.07) is 10.7. The fourth-order valence-electron chi connectivity index (χ4n) is 2.34. The lowest BCUT2D eigenvalue weighted by molar-refractivity contribution is -0.111. The summed E-state index contributed by atoms with van der Waals surface area (Å²) in [5.41, 5.74) is 1.33. The molecule has 26 heavy (non-hydrogen) atoms. The van der Waals surface area contributed by atoms with Gasteiger partial charge in [0.2, 0.25) is 5.91 Å². The molecule has 1 amide bonds. The molecule has 2 aromatic rings. The van der Waals surface area contributed by atoms with Crippen LogP contribution in [0.15, 0.2) is 48.7 Å². The average Bonchev–Trinajstić information content (AvgIpc) is 2.66. The van der Waals surface area contributed by atoms with Crippen molar-refractivity contribution in [2.24, 2.45) is 0 Å². The van der Waals surface area contributed by atoms with Gasteiger partial charge in [-0.2, -0.15) is 0 Å². The Kier molecular flexibility index (Phi) is 8.12. The molecule has 0 unspecified atom stereocenters. The van der Waals surface area contributed by atoms with Crippen molar-refractivity contribution in [1.29, 1.82) is 0 Å². The molecule has 0 bridgehead atoms. The molecule has 0 aliphatic rings. The van der Waals surface area contributed by atoms with Gasteiger partial charge in [0.05, 0.1) is 10.7 Å². The van der Waals surface area contributed by atoms with Crippen LogP contribution in [0, 0.1) is 0 Å². The molecule has 1 heterocycles. The Labute approximate surface area is 159 Å². The summed E-state index contributed by atoms with van der Waals surface area (Å²) in [5.74, 6) is 0.364. The van der Waals surface area contributed by atoms with Gasteiger partial charge in [0, 0.05) is 24.5 Å². The second-order valence-corrected chi connectivity index (χ2v) is 6.00. The van der Waals surface area contributed by atoms with E-state index in [9.17, 15) is 4.79 Å². The van der Waals surface area contributed by atoms with Crippen molar-refractivity contribution in [1.82, 2.24) is 9.88 Å². The van der Waals surface area contributed by atoms with Gasteiger partial charge in [-0.05, 0) is 49.5 Å². The average molecular weight is 374 g/mol. The minimum atomic E-state index is -0.248. The number of nitrogens with zero attached hydrogens (tertiary/aromatic N) is 2. The summed E-state index contributed by atoms with van der Waals surface area (Å²) in [4.78, 5) is 18.4. The summed E-state index contributed by atoms with van der Waals surface area (Å²) in [7, 11) is 0. The zero-order valence-corrected chi connectivity index (χ0v) is 15.9. The number of pyridine rings is 1. The molecule has 0 aliphatic heterocycles. The minimum absolute atomic E-state index is 0.248. The zero-order valence-electron chi connectivity index (χ0n) is 15.1. The molecule has 2 rings (SSSR count). The van der Waals surface area contributed by atoms with E-state index in [1.165, 1.54) is 6.08 Å². The third kappa shape index (κ3) is 6.50. The first kappa shape index (κ1) is 19.9. The van der Waals surface area contributed by atoms with Gasteiger partial charge in [-0.25, -0.2) is 0 Å². The molecule has 6 heteroatoms. The van der Waals surface area contributed by atoms with Crippen LogP contribution in [0.1, 0.15) is 19.5 Å². The third-order valence-corrected chi connectivity index (χ3v) is 4.15. The number of amides is 1. The van der Waals surface area contributed by atoms with E-state index in [0.29, 0.717) is 23.1 Å². The van der Waals surface area contributed by atoms with Crippen molar-refractivity contribution < 1.29 is 9.53 Å². The molecule has 0 fully saturated rings. The van der Waals surface area contributed by atoms with Crippen molar-refractivity contribution in [3.05, 3.63) is 59.4 Å². The van der Waals surface area contributed by atoms with Crippen molar-refractivity contribution in [2.45, 2.75) is 13.8 Å². The molecule has 1 aromatic heterocycles. The van der Waals surface area contributed by atoms with Crippen LogP contribution in [0.3, 0.4) is 0 Å². The van der Waals surface area contributed by atoms with Crippen molar-refractivity contribution >= 4 is 29.3 Å². The number of nitrogens with one attached hydrogen (secondary N) is 1. The summed E-state index contributed by atoms with van der Waals surface area (Å²) < 4.78 is 5.73. The first-order chi connectivity index (χ1) is 12.6. The maximum absolute atomic E-state index is 12.0. The molecular formula is C20H24ClN3O2. The zero-order chi connectivity index (χ0) is 18.8. The van der Waals surface area contributed by atoms with E-state index >= 15 is 0 Å². The van der Waals surface area contributed by atoms with Crippen LogP contribution in [0.4, 0.5) is 5.69 Å². The van der Waals surface area contributed by atoms with Crippen molar-refractivity contribution in [3.8, 4) is 5.75 Å². The summed E-state index contributed by atoms with van der Waals surface area (Å²) in [6.45, 7) is 7.64. The van der Waals surface area contributed by atoms with E-state index in [0.717, 1.165) is 25.3 Å². The summed E-state index contributed by atoms with van der Waals surface area (Å²) >= 11 is 6.25. The number of aromatic nitrogens is 1. The lowest BCUT2D eigenvalue weighted by Crippen LogP contribution is -2.27. The molecule has 0 radical (unpaired) electrons. The predicted molar refractivity (Wildman–Crippen MR) is 107 cm³/mol. The molecule has 5 nitrogen and oxygen atoms in total. The van der Waals surface area contributed by atoms with Crippen molar-refractivity contribution in [3.63, 3.8) is 0 Å². The van der Waals surface area contributed by atoms with E-state index < -0.39 is 0 Å². The Balaban J connectivity index is 1.88. The van der Waals surface area contributed by atoms with Crippen LogP contribution in [0.2, 0.25) is 5.02 Å². The molecule has 1 aromatic carbocycles. The molecule has 0 spiro atoms. The molecule has 0 aliphatic carbocycles. The topological polar surface area (TPSA) is 54.5 Å². The van der Waals surface area contributed by atoms with Gasteiger partial charge < -0.3 is 15.0 Å². The Morgan fingerprint density at radius 3 is 2.73 bits per heavy atom. The molecule has 0 atom stereocenters. The highest BCUT2D eigenvalue weighted by molar-refractivity contribution is 6.32. The normalized spacial score (nSPS) is 11.1. The van der Waals surface area contributed by atoms with Crippen LogP contribution in [0.5, 0.6) is 5.75 Å². The van der Waals surface area contributed by atoms with Crippen molar-refractivity contribution in [2.75, 3.05) is 31.6 Å². The molecular weight excluding hydrogens is 350 g/mol. The van der Waals surface area contributed by atoms with Gasteiger partial charge >= 0.3 is 0 Å². The number of halogens is 1. The number of hydrogen-bond acceptors (Lipinski definition) is 4. The Bertz CT molecular complexity index is 731. The van der Waals surface area contributed by atoms with Crippen LogP contribution in [-0.4, -0.2) is 42.0 Å². The second kappa shape index (κ2) is 10.6. The monoisotopic (exact) mass is 373 g/mol. The number of anilines is 1. The largest absolute Gasteiger partial charge is 0.491 e. The van der Waals surface area contributed by atoms with Crippen LogP contribution in [-0.2, 0) is 4.79 Å². The van der Waals surface area contributed by atoms with Crippen LogP contribution in [0.25, 0.3) is 6.08 Å². The van der Waals surface area contributed by atoms with Gasteiger partial charge in [-0.3, -0.25) is 9.78 Å². The van der Waals surface area contributed by atoms with E-state index in [2.05, 4.69) is 29.0 Å². The number of carbonyl (C=O) groups excluding carboxylic acids is 1. The van der Waals surface area contributed by atoms with Gasteiger partial charge in [-0.1, -0.05) is 31.5 Å². The standard InChI is InChI=1S/C20H24ClN3O2/c1-3-24(4-2)13-14-26-19-10-8-17(15-18(19)21)23-20(25)11-9-16-7-5-6-12-22-16/h5-12,15H,3-4,13-14H2,1-2H3,(H,23,25)/b11-9+. The third-order valence-electron chi connectivity index (χ3n) is 3.85. The highest BCUT2D eigenvalue weighted by Gasteiger charge is 2.06. The molecule has 1 N–H and O–H groups in total. The van der Waals surface area contributed by atoms with Gasteiger partial charge in [-0.15, -0.1) is 0 Å². The molecule has 0 saturated carbocycles. The highest BCUT2D eigenvalue weighted by atomic mass is 35.5. The number of benzene rings is 1. The van der Waals surface area contributed by atoms with E-state index in [1.54, 1.807) is 30.5 Å². The van der Waals surface area contributed by atoms with E-state index in [4.69, 9.17) is 16.3 Å². The van der Waals surface area contributed by atoms with Gasteiger partial charge in [0.15, 0.2) is 0 Å². The van der Waals surface area contributed by atoms with Gasteiger partial charge in [0.25, 0.3) is 0 Å². The Morgan fingerprint density at radius 1 is 1.27 bits per heavy atom. The number of rotatable bonds is 9. The van der Waals surface area contributed by atoms with E-state index in [-0.39, 0.29) is 5.91 Å². The number of carbonyl (C=O) groups is 1. The summed E-state index contributed by atoms with van der Waals surface area (Å²) in [6.07, 6.45) is 4.77. The maximum Gasteiger partial charge on any atom is 0.248 e. The van der Waals surface area contributed by atoms with Gasteiger partial charge in [0.1, 0.15) is 12.4 Å².